The molecule has 0 bridgehead atoms. The van der Waals surface area contributed by atoms with E-state index >= 15 is 0 Å². The predicted octanol–water partition coefficient (Wildman–Crippen LogP) is 4.84. The molecule has 0 aliphatic heterocycles. The molecule has 1 saturated carbocycles. The highest BCUT2D eigenvalue weighted by Crippen LogP contribution is 2.29. The molecule has 6 heteroatoms. The maximum atomic E-state index is 13.3. The van der Waals surface area contributed by atoms with Gasteiger partial charge in [0.2, 0.25) is 11.8 Å². The van der Waals surface area contributed by atoms with Crippen molar-refractivity contribution in [1.29, 1.82) is 0 Å². The molecule has 0 N–H and O–H groups in total. The monoisotopic (exact) mass is 416 g/mol. The Hall–Kier alpha value is -2.21. The molecular formula is C23H29FN2O2S. The molecule has 1 aromatic heterocycles. The number of benzene rings is 1. The van der Waals surface area contributed by atoms with Crippen molar-refractivity contribution < 1.29 is 14.0 Å². The summed E-state index contributed by atoms with van der Waals surface area (Å²) in [6.07, 6.45) is 3.76. The van der Waals surface area contributed by atoms with Crippen LogP contribution in [0.5, 0.6) is 0 Å². The molecule has 2 amide bonds. The van der Waals surface area contributed by atoms with E-state index in [1.54, 1.807) is 33.3 Å². The van der Waals surface area contributed by atoms with Crippen LogP contribution in [0.1, 0.15) is 50.0 Å². The summed E-state index contributed by atoms with van der Waals surface area (Å²) in [6.45, 7) is 5.02. The molecular weight excluding hydrogens is 387 g/mol. The first-order valence-electron chi connectivity index (χ1n) is 10.3. The van der Waals surface area contributed by atoms with Gasteiger partial charge in [0.1, 0.15) is 12.4 Å². The van der Waals surface area contributed by atoms with Crippen molar-refractivity contribution in [2.45, 2.75) is 58.7 Å². The number of hydrogen-bond donors (Lipinski definition) is 0. The van der Waals surface area contributed by atoms with E-state index in [9.17, 15) is 14.0 Å². The SMILES string of the molecule is CC[C@@H](C)N(CC(=O)N(Cc1ccc(F)cc1)Cc1cccs1)C(=O)C1CCC1. The largest absolute Gasteiger partial charge is 0.332 e. The van der Waals surface area contributed by atoms with Crippen LogP contribution in [0.4, 0.5) is 4.39 Å². The maximum Gasteiger partial charge on any atom is 0.242 e. The third-order valence-electron chi connectivity index (χ3n) is 5.73. The van der Waals surface area contributed by atoms with Gasteiger partial charge in [0, 0.05) is 23.4 Å². The molecule has 1 aliphatic rings. The third-order valence-corrected chi connectivity index (χ3v) is 6.59. The molecule has 0 radical (unpaired) electrons. The van der Waals surface area contributed by atoms with Gasteiger partial charge >= 0.3 is 0 Å². The molecule has 0 unspecified atom stereocenters. The highest BCUT2D eigenvalue weighted by atomic mass is 32.1. The Labute approximate surface area is 176 Å². The fraction of sp³-hybridized carbons (Fsp3) is 0.478. The minimum atomic E-state index is -0.293. The zero-order valence-electron chi connectivity index (χ0n) is 17.1. The first kappa shape index (κ1) is 21.5. The van der Waals surface area contributed by atoms with Gasteiger partial charge in [0.15, 0.2) is 0 Å². The third kappa shape index (κ3) is 5.66. The van der Waals surface area contributed by atoms with Gasteiger partial charge in [0.05, 0.1) is 6.54 Å². The topological polar surface area (TPSA) is 40.6 Å². The smallest absolute Gasteiger partial charge is 0.242 e. The van der Waals surface area contributed by atoms with Crippen LogP contribution in [-0.4, -0.2) is 34.2 Å². The van der Waals surface area contributed by atoms with Crippen molar-refractivity contribution in [3.8, 4) is 0 Å². The molecule has 3 rings (SSSR count). The number of amides is 2. The Bertz CT molecular complexity index is 803. The van der Waals surface area contributed by atoms with E-state index in [1.807, 2.05) is 31.4 Å². The fourth-order valence-electron chi connectivity index (χ4n) is 3.44. The molecule has 1 heterocycles. The first-order chi connectivity index (χ1) is 14.0. The van der Waals surface area contributed by atoms with Crippen molar-refractivity contribution in [3.05, 3.63) is 58.0 Å². The molecule has 0 saturated heterocycles. The second-order valence-corrected chi connectivity index (χ2v) is 8.84. The summed E-state index contributed by atoms with van der Waals surface area (Å²) in [6, 6.07) is 10.2. The number of rotatable bonds is 9. The van der Waals surface area contributed by atoms with Crippen LogP contribution in [0.25, 0.3) is 0 Å². The van der Waals surface area contributed by atoms with Gasteiger partial charge in [0.25, 0.3) is 0 Å². The average Bonchev–Trinajstić information content (AvgIpc) is 3.18. The number of nitrogens with zero attached hydrogens (tertiary/aromatic N) is 2. The summed E-state index contributed by atoms with van der Waals surface area (Å²) in [5.74, 6) is -0.189. The lowest BCUT2D eigenvalue weighted by atomic mass is 9.84. The molecule has 1 aliphatic carbocycles. The lowest BCUT2D eigenvalue weighted by molar-refractivity contribution is -0.147. The predicted molar refractivity (Wildman–Crippen MR) is 114 cm³/mol. The number of carbonyl (C=O) groups is 2. The number of carbonyl (C=O) groups excluding carboxylic acids is 2. The Kier molecular flexibility index (Phi) is 7.42. The molecule has 1 aromatic carbocycles. The van der Waals surface area contributed by atoms with E-state index in [4.69, 9.17) is 0 Å². The van der Waals surface area contributed by atoms with Crippen LogP contribution in [0, 0.1) is 11.7 Å². The summed E-state index contributed by atoms with van der Waals surface area (Å²) in [5, 5.41) is 1.99. The van der Waals surface area contributed by atoms with Crippen molar-refractivity contribution in [2.75, 3.05) is 6.54 Å². The van der Waals surface area contributed by atoms with Crippen LogP contribution in [0.2, 0.25) is 0 Å². The van der Waals surface area contributed by atoms with Crippen LogP contribution in [-0.2, 0) is 22.7 Å². The second-order valence-electron chi connectivity index (χ2n) is 7.81. The average molecular weight is 417 g/mol. The van der Waals surface area contributed by atoms with Crippen molar-refractivity contribution in [2.24, 2.45) is 5.92 Å². The molecule has 2 aromatic rings. The Morgan fingerprint density at radius 3 is 2.45 bits per heavy atom. The van der Waals surface area contributed by atoms with Gasteiger partial charge in [-0.1, -0.05) is 31.5 Å². The van der Waals surface area contributed by atoms with E-state index in [2.05, 4.69) is 0 Å². The molecule has 1 fully saturated rings. The van der Waals surface area contributed by atoms with Gasteiger partial charge in [-0.05, 0) is 55.3 Å². The van der Waals surface area contributed by atoms with E-state index in [0.29, 0.717) is 13.1 Å². The summed E-state index contributed by atoms with van der Waals surface area (Å²) in [4.78, 5) is 30.8. The molecule has 0 spiro atoms. The van der Waals surface area contributed by atoms with Gasteiger partial charge < -0.3 is 9.80 Å². The normalized spacial score (nSPS) is 14.9. The van der Waals surface area contributed by atoms with E-state index in [1.165, 1.54) is 12.1 Å². The highest BCUT2D eigenvalue weighted by molar-refractivity contribution is 7.09. The second kappa shape index (κ2) is 10.0. The minimum absolute atomic E-state index is 0.0291. The number of hydrogen-bond acceptors (Lipinski definition) is 3. The van der Waals surface area contributed by atoms with Crippen LogP contribution in [0.3, 0.4) is 0 Å². The standard InChI is InChI=1S/C23H29FN2O2S/c1-3-17(2)26(23(28)19-6-4-7-19)16-22(27)25(15-21-8-5-13-29-21)14-18-9-11-20(24)12-10-18/h5,8-13,17,19H,3-4,6-7,14-16H2,1-2H3/t17-/m1/s1. The number of thiophene rings is 1. The molecule has 1 atom stereocenters. The van der Waals surface area contributed by atoms with E-state index in [0.717, 1.165) is 36.1 Å². The summed E-state index contributed by atoms with van der Waals surface area (Å²) in [5.41, 5.74) is 0.872. The van der Waals surface area contributed by atoms with Gasteiger partial charge in [-0.25, -0.2) is 4.39 Å². The van der Waals surface area contributed by atoms with Crippen molar-refractivity contribution >= 4 is 23.2 Å². The van der Waals surface area contributed by atoms with Crippen molar-refractivity contribution in [3.63, 3.8) is 0 Å². The van der Waals surface area contributed by atoms with E-state index < -0.39 is 0 Å². The highest BCUT2D eigenvalue weighted by Gasteiger charge is 2.33. The van der Waals surface area contributed by atoms with Gasteiger partial charge in [-0.15, -0.1) is 11.3 Å². The zero-order valence-corrected chi connectivity index (χ0v) is 18.0. The fourth-order valence-corrected chi connectivity index (χ4v) is 4.16. The Balaban J connectivity index is 1.75. The summed E-state index contributed by atoms with van der Waals surface area (Å²) >= 11 is 1.60. The van der Waals surface area contributed by atoms with E-state index in [-0.39, 0.29) is 36.1 Å². The van der Waals surface area contributed by atoms with Crippen LogP contribution in [0.15, 0.2) is 41.8 Å². The molecule has 4 nitrogen and oxygen atoms in total. The quantitative estimate of drug-likeness (QED) is 0.587. The lowest BCUT2D eigenvalue weighted by Crippen LogP contribution is -2.49. The molecule has 156 valence electrons. The Morgan fingerprint density at radius 1 is 1.17 bits per heavy atom. The zero-order chi connectivity index (χ0) is 20.8. The lowest BCUT2D eigenvalue weighted by Gasteiger charge is -2.36. The van der Waals surface area contributed by atoms with Crippen LogP contribution >= 0.6 is 11.3 Å². The minimum Gasteiger partial charge on any atom is -0.332 e. The maximum absolute atomic E-state index is 13.3. The van der Waals surface area contributed by atoms with Gasteiger partial charge in [-0.3, -0.25) is 9.59 Å². The first-order valence-corrected chi connectivity index (χ1v) is 11.2. The number of halogens is 1. The van der Waals surface area contributed by atoms with Crippen LogP contribution < -0.4 is 0 Å². The summed E-state index contributed by atoms with van der Waals surface area (Å²) < 4.78 is 13.3. The molecule has 29 heavy (non-hydrogen) atoms. The Morgan fingerprint density at radius 2 is 1.90 bits per heavy atom. The summed E-state index contributed by atoms with van der Waals surface area (Å²) in [7, 11) is 0. The van der Waals surface area contributed by atoms with Crippen molar-refractivity contribution in [1.82, 2.24) is 9.80 Å². The van der Waals surface area contributed by atoms with Gasteiger partial charge in [-0.2, -0.15) is 0 Å².